The van der Waals surface area contributed by atoms with Crippen LogP contribution in [0.25, 0.3) is 0 Å². The Morgan fingerprint density at radius 1 is 1.19 bits per heavy atom. The van der Waals surface area contributed by atoms with E-state index in [2.05, 4.69) is 0 Å². The van der Waals surface area contributed by atoms with Crippen molar-refractivity contribution < 1.29 is 19.8 Å². The number of nitrogens with zero attached hydrogens (tertiary/aromatic N) is 1. The second-order valence-corrected chi connectivity index (χ2v) is 3.41. The summed E-state index contributed by atoms with van der Waals surface area (Å²) in [5.74, 6) is -2.22. The van der Waals surface area contributed by atoms with Crippen molar-refractivity contribution in [3.63, 3.8) is 0 Å². The first-order chi connectivity index (χ1) is 7.59. The molecule has 2 rings (SSSR count). The van der Waals surface area contributed by atoms with Gasteiger partial charge >= 0.3 is 11.9 Å². The van der Waals surface area contributed by atoms with Gasteiger partial charge in [-0.15, -0.1) is 0 Å². The smallest absolute Gasteiger partial charge is 0.337 e. The number of carboxylic acids is 2. The maximum atomic E-state index is 11.0. The Balaban J connectivity index is 2.52. The van der Waals surface area contributed by atoms with Crippen molar-refractivity contribution in [2.24, 2.45) is 0 Å². The first-order valence-electron chi connectivity index (χ1n) is 4.62. The lowest BCUT2D eigenvalue weighted by molar-refractivity contribution is -0.132. The molecule has 0 fully saturated rings. The molecule has 82 valence electrons. The molecule has 5 heteroatoms. The number of hydrogen-bond donors (Lipinski definition) is 2. The Morgan fingerprint density at radius 3 is 2.56 bits per heavy atom. The predicted molar refractivity (Wildman–Crippen MR) is 55.4 cm³/mol. The van der Waals surface area contributed by atoms with Crippen molar-refractivity contribution in [2.75, 3.05) is 6.54 Å². The van der Waals surface area contributed by atoms with Gasteiger partial charge in [0.2, 0.25) is 0 Å². The molecule has 2 N–H and O–H groups in total. The standard InChI is InChI=1S/C11H9NO4/c13-10(14)7-5-8(11(15)16)9-3-1-2-4-12(9)6-7/h1-5H,6H2,(H,13,14)(H,15,16). The van der Waals surface area contributed by atoms with E-state index in [4.69, 9.17) is 10.2 Å². The summed E-state index contributed by atoms with van der Waals surface area (Å²) < 4.78 is 0. The van der Waals surface area contributed by atoms with Crippen molar-refractivity contribution >= 4 is 11.9 Å². The molecule has 2 aliphatic rings. The molecule has 5 nitrogen and oxygen atoms in total. The van der Waals surface area contributed by atoms with E-state index >= 15 is 0 Å². The molecule has 0 aromatic carbocycles. The Morgan fingerprint density at radius 2 is 1.94 bits per heavy atom. The molecule has 0 aromatic rings. The van der Waals surface area contributed by atoms with Gasteiger partial charge in [0.05, 0.1) is 23.4 Å². The van der Waals surface area contributed by atoms with Crippen molar-refractivity contribution in [1.82, 2.24) is 4.90 Å². The van der Waals surface area contributed by atoms with Crippen LogP contribution in [0.1, 0.15) is 0 Å². The lowest BCUT2D eigenvalue weighted by Crippen LogP contribution is -2.29. The highest BCUT2D eigenvalue weighted by Crippen LogP contribution is 2.25. The van der Waals surface area contributed by atoms with E-state index in [0.29, 0.717) is 5.70 Å². The third kappa shape index (κ3) is 1.63. The van der Waals surface area contributed by atoms with Crippen LogP contribution < -0.4 is 0 Å². The van der Waals surface area contributed by atoms with Gasteiger partial charge in [0.15, 0.2) is 0 Å². The first kappa shape index (κ1) is 10.2. The average Bonchev–Trinajstić information content (AvgIpc) is 2.27. The fraction of sp³-hybridized carbons (Fsp3) is 0.0909. The van der Waals surface area contributed by atoms with E-state index in [1.165, 1.54) is 6.08 Å². The summed E-state index contributed by atoms with van der Waals surface area (Å²) in [6, 6.07) is 0. The lowest BCUT2D eigenvalue weighted by Gasteiger charge is -2.28. The van der Waals surface area contributed by atoms with E-state index < -0.39 is 11.9 Å². The highest BCUT2D eigenvalue weighted by Gasteiger charge is 2.25. The zero-order valence-electron chi connectivity index (χ0n) is 8.25. The summed E-state index contributed by atoms with van der Waals surface area (Å²) in [5, 5.41) is 17.9. The molecule has 0 spiro atoms. The van der Waals surface area contributed by atoms with Crippen molar-refractivity contribution in [3.05, 3.63) is 47.3 Å². The monoisotopic (exact) mass is 219 g/mol. The van der Waals surface area contributed by atoms with Crippen LogP contribution in [-0.2, 0) is 9.59 Å². The van der Waals surface area contributed by atoms with Crippen LogP contribution in [0.5, 0.6) is 0 Å². The second kappa shape index (κ2) is 3.69. The van der Waals surface area contributed by atoms with Gasteiger partial charge in [-0.2, -0.15) is 0 Å². The van der Waals surface area contributed by atoms with Gasteiger partial charge in [0, 0.05) is 6.20 Å². The molecule has 2 aliphatic heterocycles. The fourth-order valence-corrected chi connectivity index (χ4v) is 1.64. The van der Waals surface area contributed by atoms with Crippen LogP contribution in [0, 0.1) is 0 Å². The highest BCUT2D eigenvalue weighted by molar-refractivity contribution is 5.97. The molecule has 0 atom stereocenters. The van der Waals surface area contributed by atoms with Gasteiger partial charge in [-0.25, -0.2) is 9.59 Å². The minimum Gasteiger partial charge on any atom is -0.478 e. The first-order valence-corrected chi connectivity index (χ1v) is 4.62. The number of fused-ring (bicyclic) bond motifs is 1. The largest absolute Gasteiger partial charge is 0.478 e. The summed E-state index contributed by atoms with van der Waals surface area (Å²) in [4.78, 5) is 23.4. The fourth-order valence-electron chi connectivity index (χ4n) is 1.64. The normalized spacial score (nSPS) is 18.2. The Bertz CT molecular complexity index is 482. The van der Waals surface area contributed by atoms with Crippen molar-refractivity contribution in [2.45, 2.75) is 0 Å². The number of hydrogen-bond acceptors (Lipinski definition) is 3. The van der Waals surface area contributed by atoms with Gasteiger partial charge in [0.25, 0.3) is 0 Å². The van der Waals surface area contributed by atoms with Gasteiger partial charge in [-0.3, -0.25) is 0 Å². The quantitative estimate of drug-likeness (QED) is 0.716. The van der Waals surface area contributed by atoms with E-state index in [9.17, 15) is 9.59 Å². The predicted octanol–water partition coefficient (Wildman–Crippen LogP) is 0.735. The molecule has 0 amide bonds. The summed E-state index contributed by atoms with van der Waals surface area (Å²) in [5.41, 5.74) is 0.588. The van der Waals surface area contributed by atoms with Gasteiger partial charge in [0.1, 0.15) is 0 Å². The number of aliphatic carboxylic acids is 2. The molecule has 0 unspecified atom stereocenters. The molecule has 0 saturated carbocycles. The second-order valence-electron chi connectivity index (χ2n) is 3.41. The van der Waals surface area contributed by atoms with Crippen LogP contribution in [0.3, 0.4) is 0 Å². The number of carboxylic acid groups (broad SMARTS) is 2. The van der Waals surface area contributed by atoms with Crippen LogP contribution in [0.2, 0.25) is 0 Å². The Hall–Kier alpha value is -2.30. The van der Waals surface area contributed by atoms with Crippen LogP contribution in [0.15, 0.2) is 47.3 Å². The van der Waals surface area contributed by atoms with Gasteiger partial charge < -0.3 is 15.1 Å². The molecule has 0 aliphatic carbocycles. The minimum atomic E-state index is -1.13. The Kier molecular flexibility index (Phi) is 2.36. The highest BCUT2D eigenvalue weighted by atomic mass is 16.4. The lowest BCUT2D eigenvalue weighted by atomic mass is 10.0. The van der Waals surface area contributed by atoms with Gasteiger partial charge in [-0.1, -0.05) is 6.08 Å². The molecule has 16 heavy (non-hydrogen) atoms. The van der Waals surface area contributed by atoms with E-state index in [0.717, 1.165) is 0 Å². The number of carbonyl (C=O) groups is 2. The van der Waals surface area contributed by atoms with Crippen molar-refractivity contribution in [1.29, 1.82) is 0 Å². The summed E-state index contributed by atoms with van der Waals surface area (Å²) in [7, 11) is 0. The third-order valence-electron chi connectivity index (χ3n) is 2.38. The minimum absolute atomic E-state index is 0.00394. The SMILES string of the molecule is O=C(O)C1=CC(C(=O)O)=C2C=CC=CN2C1. The van der Waals surface area contributed by atoms with Crippen molar-refractivity contribution in [3.8, 4) is 0 Å². The van der Waals surface area contributed by atoms with Crippen LogP contribution in [-0.4, -0.2) is 33.6 Å². The molecule has 0 bridgehead atoms. The topological polar surface area (TPSA) is 77.8 Å². The number of rotatable bonds is 2. The van der Waals surface area contributed by atoms with E-state index in [1.807, 2.05) is 0 Å². The van der Waals surface area contributed by atoms with E-state index in [-0.39, 0.29) is 17.7 Å². The molecule has 0 radical (unpaired) electrons. The summed E-state index contributed by atoms with van der Waals surface area (Å²) in [6.07, 6.45) is 7.97. The zero-order valence-corrected chi connectivity index (χ0v) is 8.25. The molecular weight excluding hydrogens is 210 g/mol. The molecule has 0 saturated heterocycles. The van der Waals surface area contributed by atoms with E-state index in [1.54, 1.807) is 29.3 Å². The summed E-state index contributed by atoms with van der Waals surface area (Å²) in [6.45, 7) is 0.183. The third-order valence-corrected chi connectivity index (χ3v) is 2.38. The van der Waals surface area contributed by atoms with Gasteiger partial charge in [-0.05, 0) is 18.2 Å². The number of allylic oxidation sites excluding steroid dienone is 3. The Labute approximate surface area is 91.3 Å². The molecule has 0 aromatic heterocycles. The maximum Gasteiger partial charge on any atom is 0.337 e. The maximum absolute atomic E-state index is 11.0. The zero-order chi connectivity index (χ0) is 11.7. The molecule has 2 heterocycles. The molecular formula is C11H9NO4. The summed E-state index contributed by atoms with van der Waals surface area (Å²) >= 11 is 0. The van der Waals surface area contributed by atoms with Crippen LogP contribution >= 0.6 is 0 Å². The van der Waals surface area contributed by atoms with Crippen LogP contribution in [0.4, 0.5) is 0 Å². The average molecular weight is 219 g/mol.